The molecule has 2 atom stereocenters. The number of esters is 1. The largest absolute Gasteiger partial charge is 0.451 e. The standard InChI is InChI=1S/C22H27N3O4/c1-14(2)19(25-22(28)24-17-10-6-5-7-11-17)21(27)29-16(4)20(26)23-18-12-8-9-15(3)13-18/h5-14,16,19H,1-4H3,(H,23,26)(H2,24,25,28)/t16-,19-/m0/s1. The van der Waals surface area contributed by atoms with Gasteiger partial charge in [0.25, 0.3) is 5.91 Å². The van der Waals surface area contributed by atoms with Crippen LogP contribution in [-0.2, 0) is 14.3 Å². The van der Waals surface area contributed by atoms with Gasteiger partial charge in [0, 0.05) is 11.4 Å². The zero-order chi connectivity index (χ0) is 21.4. The number of hydrogen-bond acceptors (Lipinski definition) is 4. The molecule has 0 saturated carbocycles. The molecule has 0 aliphatic heterocycles. The summed E-state index contributed by atoms with van der Waals surface area (Å²) in [5.41, 5.74) is 2.23. The highest BCUT2D eigenvalue weighted by Gasteiger charge is 2.29. The average molecular weight is 397 g/mol. The summed E-state index contributed by atoms with van der Waals surface area (Å²) in [5.74, 6) is -1.34. The minimum atomic E-state index is -1.01. The van der Waals surface area contributed by atoms with Gasteiger partial charge in [-0.3, -0.25) is 4.79 Å². The SMILES string of the molecule is Cc1cccc(NC(=O)[C@H](C)OC(=O)[C@@H](NC(=O)Nc2ccccc2)C(C)C)c1. The summed E-state index contributed by atoms with van der Waals surface area (Å²) in [6, 6.07) is 14.8. The molecule has 7 nitrogen and oxygen atoms in total. The molecule has 2 rings (SSSR count). The second-order valence-corrected chi connectivity index (χ2v) is 7.12. The average Bonchev–Trinajstić information content (AvgIpc) is 2.66. The lowest BCUT2D eigenvalue weighted by Gasteiger charge is -2.23. The van der Waals surface area contributed by atoms with Crippen LogP contribution in [0, 0.1) is 12.8 Å². The van der Waals surface area contributed by atoms with E-state index >= 15 is 0 Å². The molecule has 0 bridgehead atoms. The Bertz CT molecular complexity index is 852. The van der Waals surface area contributed by atoms with Crippen molar-refractivity contribution in [1.29, 1.82) is 0 Å². The lowest BCUT2D eigenvalue weighted by molar-refractivity contribution is -0.156. The Balaban J connectivity index is 1.93. The maximum Gasteiger partial charge on any atom is 0.329 e. The first-order chi connectivity index (χ1) is 13.8. The van der Waals surface area contributed by atoms with Crippen LogP contribution in [0.15, 0.2) is 54.6 Å². The maximum absolute atomic E-state index is 12.5. The van der Waals surface area contributed by atoms with Gasteiger partial charge in [-0.2, -0.15) is 0 Å². The van der Waals surface area contributed by atoms with Crippen LogP contribution in [0.1, 0.15) is 26.3 Å². The molecule has 7 heteroatoms. The molecule has 0 aliphatic carbocycles. The predicted molar refractivity (Wildman–Crippen MR) is 113 cm³/mol. The molecule has 154 valence electrons. The number of hydrogen-bond donors (Lipinski definition) is 3. The van der Waals surface area contributed by atoms with Crippen LogP contribution in [-0.4, -0.2) is 30.1 Å². The third-order valence-electron chi connectivity index (χ3n) is 4.19. The van der Waals surface area contributed by atoms with E-state index in [4.69, 9.17) is 4.74 Å². The number of amides is 3. The topological polar surface area (TPSA) is 96.5 Å². The molecule has 29 heavy (non-hydrogen) atoms. The van der Waals surface area contributed by atoms with Gasteiger partial charge in [0.05, 0.1) is 0 Å². The summed E-state index contributed by atoms with van der Waals surface area (Å²) < 4.78 is 5.30. The summed E-state index contributed by atoms with van der Waals surface area (Å²) in [6.45, 7) is 6.97. The molecule has 3 N–H and O–H groups in total. The summed E-state index contributed by atoms with van der Waals surface area (Å²) in [6.07, 6.45) is -1.01. The van der Waals surface area contributed by atoms with Crippen molar-refractivity contribution in [3.63, 3.8) is 0 Å². The van der Waals surface area contributed by atoms with Crippen molar-refractivity contribution >= 4 is 29.3 Å². The first kappa shape index (κ1) is 21.9. The second-order valence-electron chi connectivity index (χ2n) is 7.12. The molecule has 3 amide bonds. The van der Waals surface area contributed by atoms with Crippen molar-refractivity contribution in [2.45, 2.75) is 39.8 Å². The van der Waals surface area contributed by atoms with Crippen LogP contribution in [0.2, 0.25) is 0 Å². The number of ether oxygens (including phenoxy) is 1. The van der Waals surface area contributed by atoms with Gasteiger partial charge >= 0.3 is 12.0 Å². The fourth-order valence-electron chi connectivity index (χ4n) is 2.60. The summed E-state index contributed by atoms with van der Waals surface area (Å²) in [5, 5.41) is 7.98. The number of carbonyl (C=O) groups is 3. The van der Waals surface area contributed by atoms with Gasteiger partial charge in [0.1, 0.15) is 6.04 Å². The van der Waals surface area contributed by atoms with E-state index in [1.165, 1.54) is 6.92 Å². The molecule has 0 unspecified atom stereocenters. The number of nitrogens with one attached hydrogen (secondary N) is 3. The van der Waals surface area contributed by atoms with Crippen molar-refractivity contribution in [1.82, 2.24) is 5.32 Å². The molecule has 0 saturated heterocycles. The Labute approximate surface area is 170 Å². The number of rotatable bonds is 7. The Hall–Kier alpha value is -3.35. The first-order valence-electron chi connectivity index (χ1n) is 9.47. The van der Waals surface area contributed by atoms with Gasteiger partial charge < -0.3 is 20.7 Å². The lowest BCUT2D eigenvalue weighted by atomic mass is 10.0. The number of aryl methyl sites for hydroxylation is 1. The van der Waals surface area contributed by atoms with E-state index in [0.717, 1.165) is 5.56 Å². The van der Waals surface area contributed by atoms with E-state index in [1.54, 1.807) is 44.2 Å². The summed E-state index contributed by atoms with van der Waals surface area (Å²) >= 11 is 0. The number of anilines is 2. The zero-order valence-corrected chi connectivity index (χ0v) is 17.1. The van der Waals surface area contributed by atoms with Crippen LogP contribution >= 0.6 is 0 Å². The fourth-order valence-corrected chi connectivity index (χ4v) is 2.60. The third-order valence-corrected chi connectivity index (χ3v) is 4.19. The molecule has 0 fully saturated rings. The van der Waals surface area contributed by atoms with E-state index in [0.29, 0.717) is 11.4 Å². The van der Waals surface area contributed by atoms with Crippen LogP contribution in [0.4, 0.5) is 16.2 Å². The molecule has 0 aliphatic rings. The molecule has 0 spiro atoms. The van der Waals surface area contributed by atoms with E-state index in [2.05, 4.69) is 16.0 Å². The molecular formula is C22H27N3O4. The summed E-state index contributed by atoms with van der Waals surface area (Å²) in [4.78, 5) is 37.1. The Morgan fingerprint density at radius 2 is 1.52 bits per heavy atom. The number of benzene rings is 2. The maximum atomic E-state index is 12.5. The van der Waals surface area contributed by atoms with Crippen molar-refractivity contribution in [3.05, 3.63) is 60.2 Å². The summed E-state index contributed by atoms with van der Waals surface area (Å²) in [7, 11) is 0. The van der Waals surface area contributed by atoms with Gasteiger partial charge in [-0.05, 0) is 49.6 Å². The minimum Gasteiger partial charge on any atom is -0.451 e. The van der Waals surface area contributed by atoms with E-state index in [9.17, 15) is 14.4 Å². The quantitative estimate of drug-likeness (QED) is 0.621. The fraction of sp³-hybridized carbons (Fsp3) is 0.318. The normalized spacial score (nSPS) is 12.6. The zero-order valence-electron chi connectivity index (χ0n) is 17.1. The van der Waals surface area contributed by atoms with Gasteiger partial charge in [-0.1, -0.05) is 44.2 Å². The van der Waals surface area contributed by atoms with E-state index in [-0.39, 0.29) is 5.92 Å². The van der Waals surface area contributed by atoms with Crippen LogP contribution < -0.4 is 16.0 Å². The molecule has 0 radical (unpaired) electrons. The molecule has 2 aromatic rings. The minimum absolute atomic E-state index is 0.226. The Morgan fingerprint density at radius 1 is 0.862 bits per heavy atom. The molecule has 0 aromatic heterocycles. The van der Waals surface area contributed by atoms with Gasteiger partial charge in [0.15, 0.2) is 6.10 Å². The number of carbonyl (C=O) groups excluding carboxylic acids is 3. The van der Waals surface area contributed by atoms with Crippen molar-refractivity contribution < 1.29 is 19.1 Å². The molecule has 0 heterocycles. The van der Waals surface area contributed by atoms with Crippen LogP contribution in [0.5, 0.6) is 0 Å². The highest BCUT2D eigenvalue weighted by Crippen LogP contribution is 2.12. The van der Waals surface area contributed by atoms with Gasteiger partial charge in [0.2, 0.25) is 0 Å². The van der Waals surface area contributed by atoms with Crippen molar-refractivity contribution in [2.24, 2.45) is 5.92 Å². The van der Waals surface area contributed by atoms with E-state index < -0.39 is 30.1 Å². The van der Waals surface area contributed by atoms with Crippen LogP contribution in [0.25, 0.3) is 0 Å². The molecule has 2 aromatic carbocycles. The first-order valence-corrected chi connectivity index (χ1v) is 9.47. The lowest BCUT2D eigenvalue weighted by Crippen LogP contribution is -2.48. The Kier molecular flexibility index (Phi) is 7.77. The van der Waals surface area contributed by atoms with E-state index in [1.807, 2.05) is 31.2 Å². The highest BCUT2D eigenvalue weighted by atomic mass is 16.5. The highest BCUT2D eigenvalue weighted by molar-refractivity contribution is 5.96. The second kappa shape index (κ2) is 10.3. The number of urea groups is 1. The van der Waals surface area contributed by atoms with Gasteiger partial charge in [-0.15, -0.1) is 0 Å². The van der Waals surface area contributed by atoms with Crippen molar-refractivity contribution in [2.75, 3.05) is 10.6 Å². The number of para-hydroxylation sites is 1. The van der Waals surface area contributed by atoms with Crippen molar-refractivity contribution in [3.8, 4) is 0 Å². The van der Waals surface area contributed by atoms with Crippen LogP contribution in [0.3, 0.4) is 0 Å². The predicted octanol–water partition coefficient (Wildman–Crippen LogP) is 3.71. The third kappa shape index (κ3) is 6.95. The Morgan fingerprint density at radius 3 is 2.14 bits per heavy atom. The molecular weight excluding hydrogens is 370 g/mol. The van der Waals surface area contributed by atoms with Gasteiger partial charge in [-0.25, -0.2) is 9.59 Å². The smallest absolute Gasteiger partial charge is 0.329 e. The monoisotopic (exact) mass is 397 g/mol.